The number of hydrogen-bond donors (Lipinski definition) is 0. The van der Waals surface area contributed by atoms with Gasteiger partial charge in [0.25, 0.3) is 0 Å². The fourth-order valence-electron chi connectivity index (χ4n) is 2.10. The molecule has 1 aromatic carbocycles. The van der Waals surface area contributed by atoms with Crippen LogP contribution in [0.4, 0.5) is 0 Å². The summed E-state index contributed by atoms with van der Waals surface area (Å²) in [7, 11) is 0. The van der Waals surface area contributed by atoms with Crippen LogP contribution >= 0.6 is 0 Å². The number of rotatable bonds is 5. The second-order valence-electron chi connectivity index (χ2n) is 4.81. The summed E-state index contributed by atoms with van der Waals surface area (Å²) in [5, 5.41) is 0. The zero-order chi connectivity index (χ0) is 15.1. The van der Waals surface area contributed by atoms with Crippen LogP contribution in [0.25, 0.3) is 6.08 Å². The fourth-order valence-corrected chi connectivity index (χ4v) is 2.10. The highest BCUT2D eigenvalue weighted by Crippen LogP contribution is 2.16. The third kappa shape index (κ3) is 4.56. The van der Waals surface area contributed by atoms with E-state index in [1.54, 1.807) is 19.2 Å². The molecule has 21 heavy (non-hydrogen) atoms. The third-order valence-electron chi connectivity index (χ3n) is 3.18. The molecule has 0 amide bonds. The van der Waals surface area contributed by atoms with E-state index in [0.717, 1.165) is 12.0 Å². The number of ether oxygens (including phenoxy) is 1. The van der Waals surface area contributed by atoms with Gasteiger partial charge in [-0.1, -0.05) is 24.3 Å². The number of aromatic nitrogens is 1. The van der Waals surface area contributed by atoms with Crippen molar-refractivity contribution in [3.8, 4) is 0 Å². The van der Waals surface area contributed by atoms with Crippen molar-refractivity contribution in [1.29, 1.82) is 0 Å². The minimum atomic E-state index is -0.311. The Morgan fingerprint density at radius 3 is 2.86 bits per heavy atom. The number of carbonyl (C=O) groups is 1. The molecular formula is C18H19NO2. The lowest BCUT2D eigenvalue weighted by Crippen LogP contribution is -1.98. The van der Waals surface area contributed by atoms with Crippen LogP contribution in [0.1, 0.15) is 29.2 Å². The van der Waals surface area contributed by atoms with E-state index in [-0.39, 0.29) is 5.97 Å². The molecule has 0 aliphatic rings. The maximum atomic E-state index is 11.3. The Morgan fingerprint density at radius 2 is 2.19 bits per heavy atom. The van der Waals surface area contributed by atoms with Gasteiger partial charge in [0.1, 0.15) is 0 Å². The van der Waals surface area contributed by atoms with Crippen LogP contribution < -0.4 is 0 Å². The summed E-state index contributed by atoms with van der Waals surface area (Å²) < 4.78 is 4.86. The molecule has 3 heteroatoms. The lowest BCUT2D eigenvalue weighted by atomic mass is 9.99. The van der Waals surface area contributed by atoms with Crippen molar-refractivity contribution in [1.82, 2.24) is 4.98 Å². The maximum Gasteiger partial charge on any atom is 0.330 e. The molecule has 108 valence electrons. The first-order valence-corrected chi connectivity index (χ1v) is 7.02. The van der Waals surface area contributed by atoms with E-state index in [0.29, 0.717) is 6.61 Å². The first-order chi connectivity index (χ1) is 10.2. The topological polar surface area (TPSA) is 39.2 Å². The summed E-state index contributed by atoms with van der Waals surface area (Å²) in [4.78, 5) is 15.4. The van der Waals surface area contributed by atoms with Crippen LogP contribution in [-0.2, 0) is 16.0 Å². The van der Waals surface area contributed by atoms with Gasteiger partial charge < -0.3 is 4.74 Å². The Hall–Kier alpha value is -2.42. The Bertz CT molecular complexity index is 633. The molecule has 0 unspecified atom stereocenters. The number of hydrogen-bond acceptors (Lipinski definition) is 3. The monoisotopic (exact) mass is 281 g/mol. The molecule has 1 aromatic heterocycles. The van der Waals surface area contributed by atoms with Gasteiger partial charge in [-0.25, -0.2) is 4.79 Å². The van der Waals surface area contributed by atoms with Gasteiger partial charge in [0, 0.05) is 18.5 Å². The zero-order valence-corrected chi connectivity index (χ0v) is 12.4. The molecule has 0 atom stereocenters. The first kappa shape index (κ1) is 15.0. The Labute approximate surface area is 125 Å². The normalized spacial score (nSPS) is 10.8. The molecule has 0 spiro atoms. The summed E-state index contributed by atoms with van der Waals surface area (Å²) in [6.45, 7) is 4.27. The van der Waals surface area contributed by atoms with Crippen LogP contribution in [-0.4, -0.2) is 17.6 Å². The standard InChI is InChI=1S/C18H19NO2/c1-3-21-18(20)9-7-15-6-8-17(14(2)11-15)12-16-5-4-10-19-13-16/h4-11,13H,3,12H2,1-2H3/b9-7+. The summed E-state index contributed by atoms with van der Waals surface area (Å²) in [5.41, 5.74) is 4.65. The van der Waals surface area contributed by atoms with Gasteiger partial charge in [0.2, 0.25) is 0 Å². The molecule has 0 N–H and O–H groups in total. The number of carbonyl (C=O) groups excluding carboxylic acids is 1. The zero-order valence-electron chi connectivity index (χ0n) is 12.4. The molecule has 0 aliphatic heterocycles. The predicted octanol–water partition coefficient (Wildman–Crippen LogP) is 3.56. The molecule has 2 aromatic rings. The Kier molecular flexibility index (Phi) is 5.27. The number of pyridine rings is 1. The van der Waals surface area contributed by atoms with E-state index in [4.69, 9.17) is 4.74 Å². The number of aryl methyl sites for hydroxylation is 1. The average Bonchev–Trinajstić information content (AvgIpc) is 2.49. The van der Waals surface area contributed by atoms with Gasteiger partial charge in [-0.2, -0.15) is 0 Å². The summed E-state index contributed by atoms with van der Waals surface area (Å²) >= 11 is 0. The molecule has 0 saturated heterocycles. The van der Waals surface area contributed by atoms with E-state index in [1.807, 2.05) is 18.3 Å². The number of benzene rings is 1. The molecule has 0 fully saturated rings. The van der Waals surface area contributed by atoms with Gasteiger partial charge >= 0.3 is 5.97 Å². The van der Waals surface area contributed by atoms with Crippen molar-refractivity contribution in [3.63, 3.8) is 0 Å². The predicted molar refractivity (Wildman–Crippen MR) is 83.9 cm³/mol. The average molecular weight is 281 g/mol. The van der Waals surface area contributed by atoms with Crippen LogP contribution in [0.2, 0.25) is 0 Å². The van der Waals surface area contributed by atoms with Crippen molar-refractivity contribution >= 4 is 12.0 Å². The highest BCUT2D eigenvalue weighted by Gasteiger charge is 2.01. The molecule has 3 nitrogen and oxygen atoms in total. The van der Waals surface area contributed by atoms with E-state index in [2.05, 4.69) is 30.1 Å². The van der Waals surface area contributed by atoms with Crippen LogP contribution in [0.5, 0.6) is 0 Å². The van der Waals surface area contributed by atoms with Crippen molar-refractivity contribution in [3.05, 3.63) is 71.1 Å². The quantitative estimate of drug-likeness (QED) is 0.621. The maximum absolute atomic E-state index is 11.3. The molecule has 0 aliphatic carbocycles. The smallest absolute Gasteiger partial charge is 0.330 e. The third-order valence-corrected chi connectivity index (χ3v) is 3.18. The van der Waals surface area contributed by atoms with E-state index < -0.39 is 0 Å². The SMILES string of the molecule is CCOC(=O)/C=C/c1ccc(Cc2cccnc2)c(C)c1. The van der Waals surface area contributed by atoms with Gasteiger partial charge in [0.15, 0.2) is 0 Å². The lowest BCUT2D eigenvalue weighted by molar-refractivity contribution is -0.137. The molecule has 0 saturated carbocycles. The number of esters is 1. The molecule has 0 bridgehead atoms. The van der Waals surface area contributed by atoms with Crippen molar-refractivity contribution < 1.29 is 9.53 Å². The van der Waals surface area contributed by atoms with E-state index in [1.165, 1.54) is 22.8 Å². The van der Waals surface area contributed by atoms with E-state index in [9.17, 15) is 4.79 Å². The van der Waals surface area contributed by atoms with Crippen molar-refractivity contribution in [2.75, 3.05) is 6.61 Å². The highest BCUT2D eigenvalue weighted by molar-refractivity contribution is 5.87. The highest BCUT2D eigenvalue weighted by atomic mass is 16.5. The largest absolute Gasteiger partial charge is 0.463 e. The van der Waals surface area contributed by atoms with Gasteiger partial charge in [0.05, 0.1) is 6.61 Å². The van der Waals surface area contributed by atoms with E-state index >= 15 is 0 Å². The summed E-state index contributed by atoms with van der Waals surface area (Å²) in [6, 6.07) is 10.2. The van der Waals surface area contributed by atoms with Crippen molar-refractivity contribution in [2.24, 2.45) is 0 Å². The Morgan fingerprint density at radius 1 is 1.33 bits per heavy atom. The van der Waals surface area contributed by atoms with Crippen LogP contribution in [0, 0.1) is 6.92 Å². The Balaban J connectivity index is 2.09. The molecule has 1 heterocycles. The summed E-state index contributed by atoms with van der Waals surface area (Å²) in [5.74, 6) is -0.311. The molecular weight excluding hydrogens is 262 g/mol. The van der Waals surface area contributed by atoms with Gasteiger partial charge in [-0.05, 0) is 54.7 Å². The summed E-state index contributed by atoms with van der Waals surface area (Å²) in [6.07, 6.45) is 7.76. The first-order valence-electron chi connectivity index (χ1n) is 7.02. The number of nitrogens with zero attached hydrogens (tertiary/aromatic N) is 1. The minimum absolute atomic E-state index is 0.311. The molecule has 2 rings (SSSR count). The van der Waals surface area contributed by atoms with Crippen molar-refractivity contribution in [2.45, 2.75) is 20.3 Å². The fraction of sp³-hybridized carbons (Fsp3) is 0.222. The second-order valence-corrected chi connectivity index (χ2v) is 4.81. The second kappa shape index (κ2) is 7.39. The lowest BCUT2D eigenvalue weighted by Gasteiger charge is -2.07. The van der Waals surface area contributed by atoms with Gasteiger partial charge in [-0.15, -0.1) is 0 Å². The van der Waals surface area contributed by atoms with Crippen LogP contribution in [0.3, 0.4) is 0 Å². The molecule has 0 radical (unpaired) electrons. The van der Waals surface area contributed by atoms with Gasteiger partial charge in [-0.3, -0.25) is 4.98 Å². The minimum Gasteiger partial charge on any atom is -0.463 e. The van der Waals surface area contributed by atoms with Crippen LogP contribution in [0.15, 0.2) is 48.8 Å².